The summed E-state index contributed by atoms with van der Waals surface area (Å²) in [6.07, 6.45) is 2.93. The number of ether oxygens (including phenoxy) is 1. The first-order valence-electron chi connectivity index (χ1n) is 6.05. The van der Waals surface area contributed by atoms with E-state index < -0.39 is 5.60 Å². The fourth-order valence-electron chi connectivity index (χ4n) is 1.49. The molecule has 1 aliphatic rings. The van der Waals surface area contributed by atoms with Crippen molar-refractivity contribution in [3.05, 3.63) is 12.3 Å². The van der Waals surface area contributed by atoms with Gasteiger partial charge in [-0.1, -0.05) is 0 Å². The Hall–Kier alpha value is -1.52. The quantitative estimate of drug-likeness (QED) is 0.716. The van der Waals surface area contributed by atoms with Crippen molar-refractivity contribution in [2.75, 3.05) is 27.2 Å². The Balaban J connectivity index is 2.36. The van der Waals surface area contributed by atoms with Crippen molar-refractivity contribution in [2.24, 2.45) is 5.92 Å². The molecule has 0 N–H and O–H groups in total. The normalized spacial score (nSPS) is 16.6. The molecule has 1 heterocycles. The lowest BCUT2D eigenvalue weighted by atomic mass is 9.95. The van der Waals surface area contributed by atoms with E-state index in [1.54, 1.807) is 17.2 Å². The van der Waals surface area contributed by atoms with Gasteiger partial charge in [0.05, 0.1) is 5.92 Å². The molecule has 102 valence electrons. The van der Waals surface area contributed by atoms with Crippen LogP contribution in [0.15, 0.2) is 12.3 Å². The third-order valence-corrected chi connectivity index (χ3v) is 2.47. The highest BCUT2D eigenvalue weighted by Gasteiger charge is 2.36. The van der Waals surface area contributed by atoms with Crippen LogP contribution < -0.4 is 0 Å². The Morgan fingerprint density at radius 3 is 2.28 bits per heavy atom. The van der Waals surface area contributed by atoms with E-state index in [9.17, 15) is 9.59 Å². The summed E-state index contributed by atoms with van der Waals surface area (Å²) in [5, 5.41) is 0. The highest BCUT2D eigenvalue weighted by atomic mass is 16.6. The van der Waals surface area contributed by atoms with E-state index in [-0.39, 0.29) is 17.8 Å². The fourth-order valence-corrected chi connectivity index (χ4v) is 1.49. The van der Waals surface area contributed by atoms with Gasteiger partial charge >= 0.3 is 6.09 Å². The summed E-state index contributed by atoms with van der Waals surface area (Å²) in [4.78, 5) is 26.7. The zero-order valence-electron chi connectivity index (χ0n) is 11.8. The summed E-state index contributed by atoms with van der Waals surface area (Å²) in [5.74, 6) is -0.0303. The third-order valence-electron chi connectivity index (χ3n) is 2.47. The Labute approximate surface area is 108 Å². The van der Waals surface area contributed by atoms with Crippen molar-refractivity contribution in [1.82, 2.24) is 9.80 Å². The van der Waals surface area contributed by atoms with Gasteiger partial charge in [-0.3, -0.25) is 4.79 Å². The molecule has 1 amide bonds. The Morgan fingerprint density at radius 2 is 1.83 bits per heavy atom. The summed E-state index contributed by atoms with van der Waals surface area (Å²) in [6, 6.07) is 0. The SMILES string of the molecule is CN(C)C=CC(=O)C1CN(C(=O)OC(C)(C)C)C1. The van der Waals surface area contributed by atoms with Crippen molar-refractivity contribution in [3.63, 3.8) is 0 Å². The molecule has 0 saturated carbocycles. The number of hydrogen-bond donors (Lipinski definition) is 0. The number of carbonyl (C=O) groups is 2. The molecule has 1 aliphatic heterocycles. The van der Waals surface area contributed by atoms with Crippen LogP contribution in [0.25, 0.3) is 0 Å². The van der Waals surface area contributed by atoms with Crippen LogP contribution in [0.2, 0.25) is 0 Å². The zero-order chi connectivity index (χ0) is 13.9. The summed E-state index contributed by atoms with van der Waals surface area (Å²) in [5.41, 5.74) is -0.489. The number of amides is 1. The van der Waals surface area contributed by atoms with Gasteiger partial charge in [-0.25, -0.2) is 4.79 Å². The first-order valence-corrected chi connectivity index (χ1v) is 6.05. The number of nitrogens with zero attached hydrogens (tertiary/aromatic N) is 2. The van der Waals surface area contributed by atoms with Crippen LogP contribution in [0.4, 0.5) is 4.79 Å². The number of carbonyl (C=O) groups excluding carboxylic acids is 2. The molecular formula is C13H22N2O3. The van der Waals surface area contributed by atoms with Gasteiger partial charge in [0.2, 0.25) is 0 Å². The molecule has 0 spiro atoms. The lowest BCUT2D eigenvalue weighted by Gasteiger charge is -2.38. The number of hydrogen-bond acceptors (Lipinski definition) is 4. The number of ketones is 1. The van der Waals surface area contributed by atoms with Crippen LogP contribution >= 0.6 is 0 Å². The number of allylic oxidation sites excluding steroid dienone is 1. The second-order valence-electron chi connectivity index (χ2n) is 5.76. The van der Waals surface area contributed by atoms with Crippen LogP contribution in [0, 0.1) is 5.92 Å². The molecule has 0 bridgehead atoms. The predicted octanol–water partition coefficient (Wildman–Crippen LogP) is 1.50. The molecule has 0 atom stereocenters. The molecule has 0 aromatic rings. The van der Waals surface area contributed by atoms with Crippen LogP contribution in [0.5, 0.6) is 0 Å². The van der Waals surface area contributed by atoms with Crippen molar-refractivity contribution < 1.29 is 14.3 Å². The molecule has 0 aliphatic carbocycles. The van der Waals surface area contributed by atoms with Gasteiger partial charge < -0.3 is 14.5 Å². The summed E-state index contributed by atoms with van der Waals surface area (Å²) < 4.78 is 5.22. The third kappa shape index (κ3) is 4.39. The molecule has 1 fully saturated rings. The van der Waals surface area contributed by atoms with Crippen molar-refractivity contribution >= 4 is 11.9 Å². The van der Waals surface area contributed by atoms with Crippen LogP contribution in [-0.4, -0.2) is 54.5 Å². The summed E-state index contributed by atoms with van der Waals surface area (Å²) in [6.45, 7) is 6.38. The van der Waals surface area contributed by atoms with Crippen LogP contribution in [-0.2, 0) is 9.53 Å². The second kappa shape index (κ2) is 5.42. The minimum absolute atomic E-state index is 0.0588. The maximum absolute atomic E-state index is 11.7. The van der Waals surface area contributed by atoms with Gasteiger partial charge in [-0.05, 0) is 26.8 Å². The molecule has 0 aromatic heterocycles. The largest absolute Gasteiger partial charge is 0.444 e. The molecule has 1 rings (SSSR count). The van der Waals surface area contributed by atoms with Crippen LogP contribution in [0.1, 0.15) is 20.8 Å². The first kappa shape index (κ1) is 14.5. The van der Waals surface area contributed by atoms with E-state index >= 15 is 0 Å². The fraction of sp³-hybridized carbons (Fsp3) is 0.692. The average Bonchev–Trinajstić information content (AvgIpc) is 2.08. The minimum Gasteiger partial charge on any atom is -0.444 e. The summed E-state index contributed by atoms with van der Waals surface area (Å²) >= 11 is 0. The molecule has 0 unspecified atom stereocenters. The topological polar surface area (TPSA) is 49.9 Å². The van der Waals surface area contributed by atoms with E-state index in [0.29, 0.717) is 13.1 Å². The van der Waals surface area contributed by atoms with Gasteiger partial charge in [-0.2, -0.15) is 0 Å². The number of likely N-dealkylation sites (tertiary alicyclic amines) is 1. The molecule has 0 aromatic carbocycles. The predicted molar refractivity (Wildman–Crippen MR) is 69.1 cm³/mol. The summed E-state index contributed by atoms with van der Waals surface area (Å²) in [7, 11) is 3.72. The monoisotopic (exact) mass is 254 g/mol. The standard InChI is InChI=1S/C13H22N2O3/c1-13(2,3)18-12(17)15-8-10(9-15)11(16)6-7-14(4)5/h6-7,10H,8-9H2,1-5H3. The highest BCUT2D eigenvalue weighted by molar-refractivity contribution is 5.93. The molecule has 18 heavy (non-hydrogen) atoms. The Bertz CT molecular complexity index is 350. The lowest BCUT2D eigenvalue weighted by Crippen LogP contribution is -2.54. The maximum Gasteiger partial charge on any atom is 0.410 e. The lowest BCUT2D eigenvalue weighted by molar-refractivity contribution is -0.122. The molecular weight excluding hydrogens is 232 g/mol. The maximum atomic E-state index is 11.7. The van der Waals surface area contributed by atoms with E-state index in [2.05, 4.69) is 0 Å². The van der Waals surface area contributed by atoms with E-state index in [1.807, 2.05) is 39.8 Å². The first-order chi connectivity index (χ1) is 8.19. The Kier molecular flexibility index (Phi) is 4.38. The smallest absolute Gasteiger partial charge is 0.410 e. The zero-order valence-corrected chi connectivity index (χ0v) is 11.8. The van der Waals surface area contributed by atoms with Gasteiger partial charge in [0.15, 0.2) is 5.78 Å². The average molecular weight is 254 g/mol. The van der Waals surface area contributed by atoms with Crippen molar-refractivity contribution in [2.45, 2.75) is 26.4 Å². The van der Waals surface area contributed by atoms with E-state index in [0.717, 1.165) is 0 Å². The van der Waals surface area contributed by atoms with Gasteiger partial charge in [-0.15, -0.1) is 0 Å². The van der Waals surface area contributed by atoms with Crippen molar-refractivity contribution in [1.29, 1.82) is 0 Å². The molecule has 0 radical (unpaired) electrons. The molecule has 5 heteroatoms. The van der Waals surface area contributed by atoms with Crippen LogP contribution in [0.3, 0.4) is 0 Å². The van der Waals surface area contributed by atoms with E-state index in [4.69, 9.17) is 4.74 Å². The van der Waals surface area contributed by atoms with Gasteiger partial charge in [0.25, 0.3) is 0 Å². The molecule has 1 saturated heterocycles. The second-order valence-corrected chi connectivity index (χ2v) is 5.76. The Morgan fingerprint density at radius 1 is 1.28 bits per heavy atom. The van der Waals surface area contributed by atoms with Gasteiger partial charge in [0.1, 0.15) is 5.60 Å². The highest BCUT2D eigenvalue weighted by Crippen LogP contribution is 2.20. The van der Waals surface area contributed by atoms with E-state index in [1.165, 1.54) is 0 Å². The van der Waals surface area contributed by atoms with Gasteiger partial charge in [0, 0.05) is 33.4 Å². The van der Waals surface area contributed by atoms with Crippen molar-refractivity contribution in [3.8, 4) is 0 Å². The molecule has 5 nitrogen and oxygen atoms in total. The number of rotatable bonds is 3. The minimum atomic E-state index is -0.489.